The summed E-state index contributed by atoms with van der Waals surface area (Å²) < 4.78 is 5.63. The molecule has 2 nitrogen and oxygen atoms in total. The number of rotatable bonds is 5. The fourth-order valence-corrected chi connectivity index (χ4v) is 2.16. The molecule has 0 fully saturated rings. The molecule has 0 aliphatic heterocycles. The Morgan fingerprint density at radius 3 is 2.44 bits per heavy atom. The van der Waals surface area contributed by atoms with Crippen LogP contribution in [0.2, 0.25) is 0 Å². The maximum atomic E-state index is 5.63. The zero-order valence-corrected chi connectivity index (χ0v) is 12.4. The van der Waals surface area contributed by atoms with Crippen molar-refractivity contribution in [2.45, 2.75) is 52.1 Å². The van der Waals surface area contributed by atoms with Crippen LogP contribution >= 0.6 is 0 Å². The van der Waals surface area contributed by atoms with Crippen molar-refractivity contribution in [1.29, 1.82) is 0 Å². The van der Waals surface area contributed by atoms with Gasteiger partial charge in [-0.3, -0.25) is 0 Å². The largest absolute Gasteiger partial charge is 0.377 e. The van der Waals surface area contributed by atoms with Crippen molar-refractivity contribution in [3.63, 3.8) is 0 Å². The number of benzene rings is 1. The topological polar surface area (TPSA) is 35.2 Å². The molecule has 2 N–H and O–H groups in total. The quantitative estimate of drug-likeness (QED) is 0.863. The van der Waals surface area contributed by atoms with Crippen LogP contribution in [-0.2, 0) is 10.2 Å². The maximum Gasteiger partial charge on any atom is 0.0824 e. The summed E-state index contributed by atoms with van der Waals surface area (Å²) >= 11 is 0. The second-order valence-electron chi connectivity index (χ2n) is 5.98. The van der Waals surface area contributed by atoms with Crippen molar-refractivity contribution in [1.82, 2.24) is 0 Å². The molecule has 1 unspecified atom stereocenters. The Balaban J connectivity index is 3.05. The summed E-state index contributed by atoms with van der Waals surface area (Å²) in [5, 5.41) is 0. The summed E-state index contributed by atoms with van der Waals surface area (Å²) in [5.74, 6) is 0. The van der Waals surface area contributed by atoms with Crippen LogP contribution in [0.25, 0.3) is 0 Å². The number of hydrogen-bond acceptors (Lipinski definition) is 2. The van der Waals surface area contributed by atoms with Crippen LogP contribution in [-0.4, -0.2) is 13.7 Å². The van der Waals surface area contributed by atoms with Crippen LogP contribution in [0.1, 0.15) is 56.4 Å². The molecule has 0 aromatic heterocycles. The van der Waals surface area contributed by atoms with Crippen molar-refractivity contribution < 1.29 is 4.74 Å². The third-order valence-corrected chi connectivity index (χ3v) is 3.45. The Morgan fingerprint density at radius 1 is 1.28 bits per heavy atom. The number of hydrogen-bond donors (Lipinski definition) is 1. The van der Waals surface area contributed by atoms with Gasteiger partial charge in [0.15, 0.2) is 0 Å². The van der Waals surface area contributed by atoms with Gasteiger partial charge in [-0.1, -0.05) is 39.0 Å². The smallest absolute Gasteiger partial charge is 0.0824 e. The lowest BCUT2D eigenvalue weighted by molar-refractivity contribution is 0.0937. The van der Waals surface area contributed by atoms with Crippen LogP contribution in [0.3, 0.4) is 0 Å². The summed E-state index contributed by atoms with van der Waals surface area (Å²) in [5.41, 5.74) is 9.73. The molecular formula is C16H27NO. The first-order valence-corrected chi connectivity index (χ1v) is 6.74. The number of methoxy groups -OCH3 is 1. The average molecular weight is 249 g/mol. The predicted octanol–water partition coefficient (Wildman–Crippen LogP) is 3.72. The maximum absolute atomic E-state index is 5.63. The van der Waals surface area contributed by atoms with E-state index in [1.54, 1.807) is 7.11 Å². The van der Waals surface area contributed by atoms with E-state index in [4.69, 9.17) is 10.5 Å². The molecular weight excluding hydrogens is 222 g/mol. The minimum atomic E-state index is 0.163. The summed E-state index contributed by atoms with van der Waals surface area (Å²) in [6, 6.07) is 6.71. The van der Waals surface area contributed by atoms with Gasteiger partial charge in [-0.05, 0) is 48.4 Å². The molecule has 0 aliphatic rings. The van der Waals surface area contributed by atoms with E-state index in [0.717, 1.165) is 19.4 Å². The Hall–Kier alpha value is -0.860. The first-order valence-electron chi connectivity index (χ1n) is 6.74. The standard InChI is InChI=1S/C16H27NO/c1-12-8-9-13(16(2,3)4)11-14(12)15(18-5)7-6-10-17/h8-9,11,15H,6-7,10,17H2,1-5H3. The Morgan fingerprint density at radius 2 is 1.94 bits per heavy atom. The molecule has 0 heterocycles. The normalized spacial score (nSPS) is 13.7. The van der Waals surface area contributed by atoms with Gasteiger partial charge in [0.05, 0.1) is 6.10 Å². The molecule has 102 valence electrons. The van der Waals surface area contributed by atoms with Crippen LogP contribution in [0, 0.1) is 6.92 Å². The van der Waals surface area contributed by atoms with E-state index in [2.05, 4.69) is 45.9 Å². The fraction of sp³-hybridized carbons (Fsp3) is 0.625. The molecule has 1 aromatic rings. The van der Waals surface area contributed by atoms with E-state index in [-0.39, 0.29) is 11.5 Å². The van der Waals surface area contributed by atoms with Crippen LogP contribution in [0.15, 0.2) is 18.2 Å². The third-order valence-electron chi connectivity index (χ3n) is 3.45. The summed E-state index contributed by atoms with van der Waals surface area (Å²) in [6.45, 7) is 9.59. The Labute approximate surface area is 112 Å². The van der Waals surface area contributed by atoms with Gasteiger partial charge in [-0.2, -0.15) is 0 Å². The molecule has 0 radical (unpaired) electrons. The second-order valence-corrected chi connectivity index (χ2v) is 5.98. The zero-order chi connectivity index (χ0) is 13.8. The van der Waals surface area contributed by atoms with Gasteiger partial charge in [0.1, 0.15) is 0 Å². The molecule has 0 amide bonds. The monoisotopic (exact) mass is 249 g/mol. The van der Waals surface area contributed by atoms with Gasteiger partial charge in [0, 0.05) is 7.11 Å². The molecule has 1 rings (SSSR count). The highest BCUT2D eigenvalue weighted by atomic mass is 16.5. The lowest BCUT2D eigenvalue weighted by Gasteiger charge is -2.24. The zero-order valence-electron chi connectivity index (χ0n) is 12.4. The van der Waals surface area contributed by atoms with Gasteiger partial charge >= 0.3 is 0 Å². The highest BCUT2D eigenvalue weighted by Gasteiger charge is 2.18. The summed E-state index contributed by atoms with van der Waals surface area (Å²) in [7, 11) is 1.78. The average Bonchev–Trinajstić information content (AvgIpc) is 2.30. The lowest BCUT2D eigenvalue weighted by Crippen LogP contribution is -2.14. The minimum Gasteiger partial charge on any atom is -0.377 e. The van der Waals surface area contributed by atoms with Gasteiger partial charge in [-0.25, -0.2) is 0 Å². The van der Waals surface area contributed by atoms with Gasteiger partial charge in [-0.15, -0.1) is 0 Å². The van der Waals surface area contributed by atoms with Crippen molar-refractivity contribution >= 4 is 0 Å². The molecule has 0 bridgehead atoms. The highest BCUT2D eigenvalue weighted by molar-refractivity contribution is 5.36. The number of nitrogens with two attached hydrogens (primary N) is 1. The van der Waals surface area contributed by atoms with E-state index in [1.165, 1.54) is 16.7 Å². The first kappa shape index (κ1) is 15.2. The van der Waals surface area contributed by atoms with E-state index in [0.29, 0.717) is 0 Å². The highest BCUT2D eigenvalue weighted by Crippen LogP contribution is 2.30. The van der Waals surface area contributed by atoms with Crippen LogP contribution < -0.4 is 5.73 Å². The molecule has 0 saturated carbocycles. The third kappa shape index (κ3) is 3.82. The molecule has 1 atom stereocenters. The Bertz CT molecular complexity index is 379. The SMILES string of the molecule is COC(CCCN)c1cc(C(C)(C)C)ccc1C. The molecule has 2 heteroatoms. The van der Waals surface area contributed by atoms with Crippen molar-refractivity contribution in [3.8, 4) is 0 Å². The number of aryl methyl sites for hydroxylation is 1. The van der Waals surface area contributed by atoms with E-state index in [9.17, 15) is 0 Å². The van der Waals surface area contributed by atoms with E-state index in [1.807, 2.05) is 0 Å². The van der Waals surface area contributed by atoms with Crippen LogP contribution in [0.5, 0.6) is 0 Å². The summed E-state index contributed by atoms with van der Waals surface area (Å²) in [4.78, 5) is 0. The molecule has 1 aromatic carbocycles. The second kappa shape index (κ2) is 6.35. The predicted molar refractivity (Wildman–Crippen MR) is 77.9 cm³/mol. The lowest BCUT2D eigenvalue weighted by atomic mass is 9.84. The molecule has 18 heavy (non-hydrogen) atoms. The van der Waals surface area contributed by atoms with Crippen molar-refractivity contribution in [2.24, 2.45) is 5.73 Å². The van der Waals surface area contributed by atoms with Crippen molar-refractivity contribution in [3.05, 3.63) is 34.9 Å². The van der Waals surface area contributed by atoms with E-state index >= 15 is 0 Å². The van der Waals surface area contributed by atoms with Gasteiger partial charge in [0.25, 0.3) is 0 Å². The first-order chi connectivity index (χ1) is 8.40. The molecule has 0 aliphatic carbocycles. The molecule has 0 saturated heterocycles. The summed E-state index contributed by atoms with van der Waals surface area (Å²) in [6.07, 6.45) is 2.15. The Kier molecular flexibility index (Phi) is 5.36. The fourth-order valence-electron chi connectivity index (χ4n) is 2.16. The minimum absolute atomic E-state index is 0.163. The van der Waals surface area contributed by atoms with Crippen LogP contribution in [0.4, 0.5) is 0 Å². The van der Waals surface area contributed by atoms with Crippen molar-refractivity contribution in [2.75, 3.05) is 13.7 Å². The van der Waals surface area contributed by atoms with E-state index < -0.39 is 0 Å². The van der Waals surface area contributed by atoms with Gasteiger partial charge < -0.3 is 10.5 Å². The number of ether oxygens (including phenoxy) is 1. The molecule has 0 spiro atoms. The van der Waals surface area contributed by atoms with Gasteiger partial charge in [0.2, 0.25) is 0 Å².